The summed E-state index contributed by atoms with van der Waals surface area (Å²) in [6, 6.07) is 6.36. The summed E-state index contributed by atoms with van der Waals surface area (Å²) in [6.45, 7) is 1.80. The van der Waals surface area contributed by atoms with Crippen LogP contribution in [-0.2, 0) is 16.0 Å². The average molecular weight is 237 g/mol. The van der Waals surface area contributed by atoms with Gasteiger partial charge in [0.25, 0.3) is 5.69 Å². The number of nitro groups is 1. The molecule has 1 unspecified atom stereocenters. The molecule has 17 heavy (non-hydrogen) atoms. The lowest BCUT2D eigenvalue weighted by Crippen LogP contribution is -2.13. The van der Waals surface area contributed by atoms with E-state index in [1.165, 1.54) is 19.2 Å². The first-order valence-corrected chi connectivity index (χ1v) is 5.35. The van der Waals surface area contributed by atoms with Crippen LogP contribution in [0.5, 0.6) is 0 Å². The third kappa shape index (κ3) is 3.86. The normalized spacial score (nSPS) is 11.9. The zero-order chi connectivity index (χ0) is 12.8. The molecule has 1 rings (SSSR count). The van der Waals surface area contributed by atoms with Crippen LogP contribution in [0.1, 0.15) is 18.9 Å². The van der Waals surface area contributed by atoms with Crippen LogP contribution in [0.2, 0.25) is 0 Å². The Kier molecular flexibility index (Phi) is 4.63. The molecule has 0 aromatic heterocycles. The summed E-state index contributed by atoms with van der Waals surface area (Å²) < 4.78 is 4.62. The van der Waals surface area contributed by atoms with Gasteiger partial charge in [-0.3, -0.25) is 14.9 Å². The van der Waals surface area contributed by atoms with Crippen molar-refractivity contribution in [3.05, 3.63) is 39.9 Å². The highest BCUT2D eigenvalue weighted by molar-refractivity contribution is 5.71. The molecule has 0 aliphatic rings. The molecule has 0 saturated heterocycles. The first-order valence-electron chi connectivity index (χ1n) is 5.35. The molecule has 0 aliphatic carbocycles. The highest BCUT2D eigenvalue weighted by atomic mass is 16.6. The van der Waals surface area contributed by atoms with E-state index in [0.29, 0.717) is 12.8 Å². The minimum Gasteiger partial charge on any atom is -0.469 e. The van der Waals surface area contributed by atoms with E-state index in [4.69, 9.17) is 0 Å². The number of hydrogen-bond donors (Lipinski definition) is 0. The predicted molar refractivity (Wildman–Crippen MR) is 62.6 cm³/mol. The Balaban J connectivity index is 2.53. The molecule has 0 spiro atoms. The minimum absolute atomic E-state index is 0.0785. The van der Waals surface area contributed by atoms with Crippen LogP contribution in [0.15, 0.2) is 24.3 Å². The molecular formula is C12H15NO4. The first kappa shape index (κ1) is 13.2. The Morgan fingerprint density at radius 2 is 2.00 bits per heavy atom. The summed E-state index contributed by atoms with van der Waals surface area (Å²) >= 11 is 0. The monoisotopic (exact) mass is 237 g/mol. The lowest BCUT2D eigenvalue weighted by Gasteiger charge is -2.08. The van der Waals surface area contributed by atoms with Gasteiger partial charge < -0.3 is 4.74 Å². The van der Waals surface area contributed by atoms with E-state index in [-0.39, 0.29) is 17.6 Å². The lowest BCUT2D eigenvalue weighted by atomic mass is 10.0. The number of esters is 1. The van der Waals surface area contributed by atoms with E-state index in [2.05, 4.69) is 4.74 Å². The molecule has 92 valence electrons. The topological polar surface area (TPSA) is 69.4 Å². The fraction of sp³-hybridized carbons (Fsp3) is 0.417. The fourth-order valence-electron chi connectivity index (χ4n) is 1.49. The molecule has 1 aromatic carbocycles. The second-order valence-electron chi connectivity index (χ2n) is 3.89. The standard InChI is InChI=1S/C12H15NO4/c1-9(12(14)17-2)3-4-10-5-7-11(8-6-10)13(15)16/h5-9H,3-4H2,1-2H3. The number of carbonyl (C=O) groups is 1. The highest BCUT2D eigenvalue weighted by Gasteiger charge is 2.13. The van der Waals surface area contributed by atoms with Crippen LogP contribution >= 0.6 is 0 Å². The van der Waals surface area contributed by atoms with Crippen molar-refractivity contribution in [3.8, 4) is 0 Å². The van der Waals surface area contributed by atoms with E-state index < -0.39 is 4.92 Å². The Morgan fingerprint density at radius 3 is 2.47 bits per heavy atom. The van der Waals surface area contributed by atoms with Crippen molar-refractivity contribution in [2.45, 2.75) is 19.8 Å². The van der Waals surface area contributed by atoms with Crippen LogP contribution in [0, 0.1) is 16.0 Å². The summed E-state index contributed by atoms with van der Waals surface area (Å²) in [5.74, 6) is -0.387. The quantitative estimate of drug-likeness (QED) is 0.447. The number of carbonyl (C=O) groups excluding carboxylic acids is 1. The van der Waals surface area contributed by atoms with Crippen LogP contribution in [0.25, 0.3) is 0 Å². The second-order valence-corrected chi connectivity index (χ2v) is 3.89. The molecule has 5 nitrogen and oxygen atoms in total. The summed E-state index contributed by atoms with van der Waals surface area (Å²) in [5.41, 5.74) is 1.06. The Labute approximate surface area is 99.5 Å². The van der Waals surface area contributed by atoms with E-state index in [1.807, 2.05) is 0 Å². The van der Waals surface area contributed by atoms with Crippen molar-refractivity contribution in [1.29, 1.82) is 0 Å². The number of methoxy groups -OCH3 is 1. The number of nitro benzene ring substituents is 1. The van der Waals surface area contributed by atoms with Gasteiger partial charge in [0.2, 0.25) is 0 Å². The summed E-state index contributed by atoms with van der Waals surface area (Å²) in [6.07, 6.45) is 1.37. The number of non-ortho nitro benzene ring substituents is 1. The van der Waals surface area contributed by atoms with Crippen molar-refractivity contribution >= 4 is 11.7 Å². The average Bonchev–Trinajstić information content (AvgIpc) is 2.35. The molecule has 0 bridgehead atoms. The number of benzene rings is 1. The third-order valence-electron chi connectivity index (χ3n) is 2.62. The Bertz CT molecular complexity index is 399. The van der Waals surface area contributed by atoms with Crippen LogP contribution < -0.4 is 0 Å². The van der Waals surface area contributed by atoms with Crippen molar-refractivity contribution in [2.24, 2.45) is 5.92 Å². The van der Waals surface area contributed by atoms with Crippen LogP contribution in [0.4, 0.5) is 5.69 Å². The van der Waals surface area contributed by atoms with Gasteiger partial charge in [0.15, 0.2) is 0 Å². The highest BCUT2D eigenvalue weighted by Crippen LogP contribution is 2.15. The van der Waals surface area contributed by atoms with Gasteiger partial charge in [-0.2, -0.15) is 0 Å². The largest absolute Gasteiger partial charge is 0.469 e. The maximum absolute atomic E-state index is 11.2. The molecule has 5 heteroatoms. The van der Waals surface area contributed by atoms with Crippen molar-refractivity contribution < 1.29 is 14.5 Å². The fourth-order valence-corrected chi connectivity index (χ4v) is 1.49. The lowest BCUT2D eigenvalue weighted by molar-refractivity contribution is -0.384. The van der Waals surface area contributed by atoms with Gasteiger partial charge in [-0.25, -0.2) is 0 Å². The zero-order valence-electron chi connectivity index (χ0n) is 9.88. The molecule has 1 atom stereocenters. The number of ether oxygens (including phenoxy) is 1. The van der Waals surface area contributed by atoms with Crippen LogP contribution in [-0.4, -0.2) is 18.0 Å². The van der Waals surface area contributed by atoms with E-state index in [9.17, 15) is 14.9 Å². The van der Waals surface area contributed by atoms with Crippen molar-refractivity contribution in [2.75, 3.05) is 7.11 Å². The van der Waals surface area contributed by atoms with Crippen molar-refractivity contribution in [3.63, 3.8) is 0 Å². The van der Waals surface area contributed by atoms with E-state index in [1.54, 1.807) is 19.1 Å². The third-order valence-corrected chi connectivity index (χ3v) is 2.62. The van der Waals surface area contributed by atoms with Gasteiger partial charge in [0.1, 0.15) is 0 Å². The molecular weight excluding hydrogens is 222 g/mol. The smallest absolute Gasteiger partial charge is 0.308 e. The van der Waals surface area contributed by atoms with Gasteiger partial charge in [-0.1, -0.05) is 19.1 Å². The SMILES string of the molecule is COC(=O)C(C)CCc1ccc([N+](=O)[O-])cc1. The molecule has 0 radical (unpaired) electrons. The van der Waals surface area contributed by atoms with Gasteiger partial charge in [-0.05, 0) is 18.4 Å². The predicted octanol–water partition coefficient (Wildman–Crippen LogP) is 2.34. The molecule has 0 N–H and O–H groups in total. The molecule has 0 aliphatic heterocycles. The van der Waals surface area contributed by atoms with Crippen molar-refractivity contribution in [1.82, 2.24) is 0 Å². The first-order chi connectivity index (χ1) is 8.04. The van der Waals surface area contributed by atoms with Gasteiger partial charge in [0, 0.05) is 12.1 Å². The second kappa shape index (κ2) is 5.98. The molecule has 0 saturated carbocycles. The summed E-state index contributed by atoms with van der Waals surface area (Å²) in [5, 5.41) is 10.5. The molecule has 0 amide bonds. The maximum atomic E-state index is 11.2. The summed E-state index contributed by atoms with van der Waals surface area (Å²) in [7, 11) is 1.37. The maximum Gasteiger partial charge on any atom is 0.308 e. The molecule has 0 heterocycles. The number of rotatable bonds is 5. The molecule has 0 fully saturated rings. The minimum atomic E-state index is -0.430. The Hall–Kier alpha value is -1.91. The number of hydrogen-bond acceptors (Lipinski definition) is 4. The van der Waals surface area contributed by atoms with Gasteiger partial charge >= 0.3 is 5.97 Å². The molecule has 1 aromatic rings. The Morgan fingerprint density at radius 1 is 1.41 bits per heavy atom. The zero-order valence-corrected chi connectivity index (χ0v) is 9.88. The summed E-state index contributed by atoms with van der Waals surface area (Å²) in [4.78, 5) is 21.2. The van der Waals surface area contributed by atoms with Gasteiger partial charge in [0.05, 0.1) is 18.0 Å². The van der Waals surface area contributed by atoms with Crippen LogP contribution in [0.3, 0.4) is 0 Å². The van der Waals surface area contributed by atoms with E-state index >= 15 is 0 Å². The number of aryl methyl sites for hydroxylation is 1. The van der Waals surface area contributed by atoms with Gasteiger partial charge in [-0.15, -0.1) is 0 Å². The number of nitrogens with zero attached hydrogens (tertiary/aromatic N) is 1. The van der Waals surface area contributed by atoms with E-state index in [0.717, 1.165) is 5.56 Å².